The molecule has 0 aromatic carbocycles. The van der Waals surface area contributed by atoms with E-state index >= 15 is 0 Å². The monoisotopic (exact) mass is 449 g/mol. The number of nitrogens with one attached hydrogen (secondary N) is 1. The van der Waals surface area contributed by atoms with Crippen LogP contribution in [0.25, 0.3) is 0 Å². The van der Waals surface area contributed by atoms with E-state index in [9.17, 15) is 8.42 Å². The van der Waals surface area contributed by atoms with Gasteiger partial charge < -0.3 is 0 Å². The Morgan fingerprint density at radius 2 is 2.06 bits per heavy atom. The molecule has 18 heavy (non-hydrogen) atoms. The highest BCUT2D eigenvalue weighted by molar-refractivity contribution is 9.11. The van der Waals surface area contributed by atoms with Gasteiger partial charge in [-0.05, 0) is 44.0 Å². The van der Waals surface area contributed by atoms with E-state index in [2.05, 4.69) is 36.6 Å². The first-order chi connectivity index (χ1) is 8.38. The molecular formula is C9H6Br2ClNO2S3. The van der Waals surface area contributed by atoms with Gasteiger partial charge in [0.05, 0.1) is 8.81 Å². The molecule has 0 bridgehead atoms. The van der Waals surface area contributed by atoms with Gasteiger partial charge in [-0.3, -0.25) is 0 Å². The van der Waals surface area contributed by atoms with Crippen LogP contribution >= 0.6 is 66.1 Å². The van der Waals surface area contributed by atoms with Crippen molar-refractivity contribution in [3.05, 3.63) is 35.7 Å². The predicted molar refractivity (Wildman–Crippen MR) is 83.1 cm³/mol. The van der Waals surface area contributed by atoms with Crippen molar-refractivity contribution in [2.75, 3.05) is 0 Å². The molecular weight excluding hydrogens is 446 g/mol. The second-order valence-corrected chi connectivity index (χ2v) is 9.93. The van der Waals surface area contributed by atoms with Gasteiger partial charge in [0.15, 0.2) is 0 Å². The van der Waals surface area contributed by atoms with Crippen LogP contribution in [0.3, 0.4) is 0 Å². The summed E-state index contributed by atoms with van der Waals surface area (Å²) in [6.45, 7) is 0.270. The number of sulfonamides is 1. The van der Waals surface area contributed by atoms with E-state index in [4.69, 9.17) is 11.6 Å². The fraction of sp³-hybridized carbons (Fsp3) is 0.111. The molecule has 2 aromatic heterocycles. The molecule has 1 N–H and O–H groups in total. The van der Waals surface area contributed by atoms with Crippen molar-refractivity contribution in [1.82, 2.24) is 4.72 Å². The fourth-order valence-corrected chi connectivity index (χ4v) is 6.07. The van der Waals surface area contributed by atoms with Crippen molar-refractivity contribution in [3.63, 3.8) is 0 Å². The minimum Gasteiger partial charge on any atom is -0.206 e. The maximum absolute atomic E-state index is 12.0. The Hall–Kier alpha value is 0.560. The maximum atomic E-state index is 12.0. The molecule has 0 unspecified atom stereocenters. The van der Waals surface area contributed by atoms with Crippen LogP contribution in [-0.4, -0.2) is 8.42 Å². The van der Waals surface area contributed by atoms with E-state index in [1.165, 1.54) is 17.4 Å². The zero-order valence-electron chi connectivity index (χ0n) is 8.61. The van der Waals surface area contributed by atoms with Gasteiger partial charge in [-0.1, -0.05) is 11.6 Å². The Morgan fingerprint density at radius 3 is 2.56 bits per heavy atom. The molecule has 0 aliphatic rings. The average molecular weight is 452 g/mol. The van der Waals surface area contributed by atoms with Crippen LogP contribution in [0.1, 0.15) is 4.88 Å². The van der Waals surface area contributed by atoms with Crippen LogP contribution in [0.5, 0.6) is 0 Å². The average Bonchev–Trinajstić information content (AvgIpc) is 2.84. The largest absolute Gasteiger partial charge is 0.250 e. The van der Waals surface area contributed by atoms with Crippen LogP contribution < -0.4 is 4.72 Å². The van der Waals surface area contributed by atoms with Crippen molar-refractivity contribution >= 4 is 76.2 Å². The van der Waals surface area contributed by atoms with Crippen LogP contribution in [0, 0.1) is 0 Å². The minimum atomic E-state index is -3.51. The van der Waals surface area contributed by atoms with E-state index in [0.717, 1.165) is 20.7 Å². The van der Waals surface area contributed by atoms with E-state index < -0.39 is 10.0 Å². The summed E-state index contributed by atoms with van der Waals surface area (Å²) in [5.74, 6) is 0. The molecule has 0 spiro atoms. The van der Waals surface area contributed by atoms with Crippen molar-refractivity contribution in [3.8, 4) is 0 Å². The summed E-state index contributed by atoms with van der Waals surface area (Å²) in [6, 6.07) is 3.31. The second-order valence-electron chi connectivity index (χ2n) is 3.24. The summed E-state index contributed by atoms with van der Waals surface area (Å²) in [4.78, 5) is 0.937. The number of hydrogen-bond acceptors (Lipinski definition) is 4. The van der Waals surface area contributed by atoms with E-state index in [-0.39, 0.29) is 10.8 Å². The van der Waals surface area contributed by atoms with Gasteiger partial charge in [-0.15, -0.1) is 22.7 Å². The summed E-state index contributed by atoms with van der Waals surface area (Å²) < 4.78 is 28.3. The SMILES string of the molecule is O=S(=O)(NCc1cc(Br)cs1)c1cc(Cl)c(Br)s1. The number of thiophene rings is 2. The highest BCUT2D eigenvalue weighted by Gasteiger charge is 2.18. The summed E-state index contributed by atoms with van der Waals surface area (Å²) in [7, 11) is -3.51. The lowest BCUT2D eigenvalue weighted by Gasteiger charge is -2.02. The molecule has 0 saturated heterocycles. The molecule has 0 radical (unpaired) electrons. The molecule has 2 aromatic rings. The van der Waals surface area contributed by atoms with E-state index in [1.807, 2.05) is 11.4 Å². The lowest BCUT2D eigenvalue weighted by Crippen LogP contribution is -2.21. The third-order valence-electron chi connectivity index (χ3n) is 1.95. The van der Waals surface area contributed by atoms with Crippen LogP contribution in [0.15, 0.2) is 30.0 Å². The molecule has 0 aliphatic heterocycles. The molecule has 3 nitrogen and oxygen atoms in total. The van der Waals surface area contributed by atoms with Gasteiger partial charge in [0.2, 0.25) is 10.0 Å². The Labute approximate surface area is 134 Å². The topological polar surface area (TPSA) is 46.2 Å². The van der Waals surface area contributed by atoms with Crippen LogP contribution in [0.4, 0.5) is 0 Å². The Bertz CT molecular complexity index is 646. The quantitative estimate of drug-likeness (QED) is 0.746. The Balaban J connectivity index is 2.12. The first-order valence-electron chi connectivity index (χ1n) is 4.56. The highest BCUT2D eigenvalue weighted by Crippen LogP contribution is 2.34. The van der Waals surface area contributed by atoms with Gasteiger partial charge in [-0.2, -0.15) is 0 Å². The molecule has 0 fully saturated rings. The van der Waals surface area contributed by atoms with Crippen molar-refractivity contribution in [2.24, 2.45) is 0 Å². The number of rotatable bonds is 4. The maximum Gasteiger partial charge on any atom is 0.250 e. The Kier molecular flexibility index (Phi) is 4.91. The number of halogens is 3. The standard InChI is InChI=1S/C9H6Br2ClNO2S3/c10-5-1-6(16-4-5)3-13-18(14,15)8-2-7(12)9(11)17-8/h1-2,4,13H,3H2. The molecule has 2 heterocycles. The lowest BCUT2D eigenvalue weighted by atomic mass is 10.5. The van der Waals surface area contributed by atoms with Crippen molar-refractivity contribution < 1.29 is 8.42 Å². The molecule has 0 saturated carbocycles. The first kappa shape index (κ1) is 15.0. The third kappa shape index (κ3) is 3.56. The normalized spacial score (nSPS) is 11.9. The minimum absolute atomic E-state index is 0.204. The van der Waals surface area contributed by atoms with Crippen molar-refractivity contribution in [1.29, 1.82) is 0 Å². The van der Waals surface area contributed by atoms with Crippen LogP contribution in [-0.2, 0) is 16.6 Å². The van der Waals surface area contributed by atoms with E-state index in [1.54, 1.807) is 0 Å². The second kappa shape index (κ2) is 5.90. The van der Waals surface area contributed by atoms with Gasteiger partial charge in [0.1, 0.15) is 4.21 Å². The number of hydrogen-bond donors (Lipinski definition) is 1. The van der Waals surface area contributed by atoms with Gasteiger partial charge >= 0.3 is 0 Å². The molecule has 0 atom stereocenters. The van der Waals surface area contributed by atoms with Gasteiger partial charge in [0, 0.05) is 21.3 Å². The predicted octanol–water partition coefficient (Wildman–Crippen LogP) is 4.47. The molecule has 0 amide bonds. The first-order valence-corrected chi connectivity index (χ1v) is 9.70. The summed E-state index contributed by atoms with van der Waals surface area (Å²) >= 11 is 14.9. The molecule has 0 aliphatic carbocycles. The smallest absolute Gasteiger partial charge is 0.206 e. The third-order valence-corrected chi connectivity index (χ3v) is 7.99. The molecule has 9 heteroatoms. The zero-order valence-corrected chi connectivity index (χ0v) is 15.0. The summed E-state index contributed by atoms with van der Waals surface area (Å²) in [5, 5.41) is 2.31. The van der Waals surface area contributed by atoms with Gasteiger partial charge in [0.25, 0.3) is 0 Å². The van der Waals surface area contributed by atoms with E-state index in [0.29, 0.717) is 8.81 Å². The molecule has 2 rings (SSSR count). The highest BCUT2D eigenvalue weighted by atomic mass is 79.9. The zero-order chi connectivity index (χ0) is 13.3. The van der Waals surface area contributed by atoms with Gasteiger partial charge in [-0.25, -0.2) is 13.1 Å². The van der Waals surface area contributed by atoms with Crippen molar-refractivity contribution in [2.45, 2.75) is 10.8 Å². The summed E-state index contributed by atoms with van der Waals surface area (Å²) in [6.07, 6.45) is 0. The Morgan fingerprint density at radius 1 is 1.33 bits per heavy atom. The summed E-state index contributed by atoms with van der Waals surface area (Å²) in [5.41, 5.74) is 0. The molecule has 98 valence electrons. The fourth-order valence-electron chi connectivity index (χ4n) is 1.14. The lowest BCUT2D eigenvalue weighted by molar-refractivity contribution is 0.584. The van der Waals surface area contributed by atoms with Crippen LogP contribution in [0.2, 0.25) is 5.02 Å².